The number of carbonyl (C=O) groups is 1. The second kappa shape index (κ2) is 5.39. The van der Waals surface area contributed by atoms with E-state index in [1.165, 1.54) is 12.1 Å². The first-order valence-corrected chi connectivity index (χ1v) is 5.51. The zero-order chi connectivity index (χ0) is 15.6. The highest BCUT2D eigenvalue weighted by Crippen LogP contribution is 2.28. The monoisotopic (exact) mass is 301 g/mol. The summed E-state index contributed by atoms with van der Waals surface area (Å²) in [7, 11) is 0. The number of ether oxygens (including phenoxy) is 1. The van der Waals surface area contributed by atoms with Gasteiger partial charge in [0.2, 0.25) is 0 Å². The lowest BCUT2D eigenvalue weighted by atomic mass is 10.1. The number of benzene rings is 1. The Morgan fingerprint density at radius 1 is 1.24 bits per heavy atom. The lowest BCUT2D eigenvalue weighted by Gasteiger charge is -2.10. The Labute approximate surface area is 115 Å². The lowest BCUT2D eigenvalue weighted by molar-refractivity contribution is -0.274. The van der Waals surface area contributed by atoms with Crippen molar-refractivity contribution in [3.63, 3.8) is 0 Å². The number of hydrogen-bond acceptors (Lipinski definition) is 3. The molecule has 2 rings (SSSR count). The van der Waals surface area contributed by atoms with Gasteiger partial charge in [-0.05, 0) is 18.2 Å². The molecule has 4 nitrogen and oxygen atoms in total. The maximum absolute atomic E-state index is 13.8. The molecule has 0 saturated carbocycles. The fraction of sp³-hybridized carbons (Fsp3) is 0.0769. The van der Waals surface area contributed by atoms with Gasteiger partial charge in [-0.3, -0.25) is 4.98 Å². The Bertz CT molecular complexity index is 685. The number of aromatic nitrogens is 1. The van der Waals surface area contributed by atoms with E-state index in [4.69, 9.17) is 5.11 Å². The summed E-state index contributed by atoms with van der Waals surface area (Å²) >= 11 is 0. The number of halogens is 4. The smallest absolute Gasteiger partial charge is 0.478 e. The van der Waals surface area contributed by atoms with Gasteiger partial charge in [0.25, 0.3) is 0 Å². The summed E-state index contributed by atoms with van der Waals surface area (Å²) in [6, 6.07) is 5.32. The molecule has 1 heterocycles. The number of rotatable bonds is 3. The zero-order valence-corrected chi connectivity index (χ0v) is 10.2. The van der Waals surface area contributed by atoms with Crippen LogP contribution in [0.25, 0.3) is 11.3 Å². The Morgan fingerprint density at radius 3 is 2.52 bits per heavy atom. The summed E-state index contributed by atoms with van der Waals surface area (Å²) in [6.07, 6.45) is -3.95. The first kappa shape index (κ1) is 14.8. The van der Waals surface area contributed by atoms with Crippen molar-refractivity contribution in [1.82, 2.24) is 4.98 Å². The number of hydrogen-bond donors (Lipinski definition) is 1. The van der Waals surface area contributed by atoms with Gasteiger partial charge in [-0.1, -0.05) is 12.1 Å². The quantitative estimate of drug-likeness (QED) is 0.882. The van der Waals surface area contributed by atoms with Crippen LogP contribution in [0.2, 0.25) is 0 Å². The van der Waals surface area contributed by atoms with Gasteiger partial charge in [0.15, 0.2) is 0 Å². The molecular weight excluding hydrogens is 294 g/mol. The third kappa shape index (κ3) is 3.68. The van der Waals surface area contributed by atoms with Crippen molar-refractivity contribution in [2.75, 3.05) is 0 Å². The molecule has 2 aromatic rings. The van der Waals surface area contributed by atoms with E-state index in [2.05, 4.69) is 9.72 Å². The topological polar surface area (TPSA) is 59.4 Å². The number of carboxylic acids is 1. The van der Waals surface area contributed by atoms with Crippen LogP contribution in [0.4, 0.5) is 17.6 Å². The molecule has 0 radical (unpaired) electrons. The van der Waals surface area contributed by atoms with Gasteiger partial charge in [0.1, 0.15) is 17.3 Å². The summed E-state index contributed by atoms with van der Waals surface area (Å²) in [6.45, 7) is 0. The highest BCUT2D eigenvalue weighted by Gasteiger charge is 2.31. The summed E-state index contributed by atoms with van der Waals surface area (Å²) in [5, 5.41) is 8.69. The maximum atomic E-state index is 13.8. The van der Waals surface area contributed by atoms with Gasteiger partial charge in [-0.25, -0.2) is 9.18 Å². The molecule has 0 aliphatic carbocycles. The van der Waals surface area contributed by atoms with Gasteiger partial charge in [-0.15, -0.1) is 13.2 Å². The summed E-state index contributed by atoms with van der Waals surface area (Å²) < 4.78 is 53.9. The average Bonchev–Trinajstić information content (AvgIpc) is 2.36. The highest BCUT2D eigenvalue weighted by atomic mass is 19.4. The lowest BCUT2D eigenvalue weighted by Crippen LogP contribution is -2.17. The summed E-state index contributed by atoms with van der Waals surface area (Å²) in [5.41, 5.74) is -0.599. The molecule has 21 heavy (non-hydrogen) atoms. The zero-order valence-electron chi connectivity index (χ0n) is 10.2. The van der Waals surface area contributed by atoms with Crippen molar-refractivity contribution in [1.29, 1.82) is 0 Å². The predicted octanol–water partition coefficient (Wildman–Crippen LogP) is 3.48. The van der Waals surface area contributed by atoms with Gasteiger partial charge in [0, 0.05) is 11.8 Å². The number of alkyl halides is 3. The highest BCUT2D eigenvalue weighted by molar-refractivity contribution is 5.87. The molecule has 0 fully saturated rings. The van der Waals surface area contributed by atoms with Crippen LogP contribution in [0, 0.1) is 5.82 Å². The average molecular weight is 301 g/mol. The maximum Gasteiger partial charge on any atom is 0.573 e. The standard InChI is InChI=1S/C13H7F4NO3/c14-10-5-8(12(19)20)6-18-11(10)7-2-1-3-9(4-7)21-13(15,16)17/h1-6H,(H,19,20). The molecule has 0 aliphatic rings. The van der Waals surface area contributed by atoms with E-state index in [1.807, 2.05) is 0 Å². The summed E-state index contributed by atoms with van der Waals surface area (Å²) in [4.78, 5) is 14.3. The van der Waals surface area contributed by atoms with E-state index < -0.39 is 23.9 Å². The van der Waals surface area contributed by atoms with Gasteiger partial charge in [0.05, 0.1) is 5.56 Å². The van der Waals surface area contributed by atoms with Gasteiger partial charge < -0.3 is 9.84 Å². The molecular formula is C13H7F4NO3. The van der Waals surface area contributed by atoms with E-state index in [1.54, 1.807) is 0 Å². The van der Waals surface area contributed by atoms with E-state index in [9.17, 15) is 22.4 Å². The fourth-order valence-corrected chi connectivity index (χ4v) is 1.61. The largest absolute Gasteiger partial charge is 0.573 e. The van der Waals surface area contributed by atoms with Crippen molar-refractivity contribution in [3.8, 4) is 17.0 Å². The van der Waals surface area contributed by atoms with Gasteiger partial charge >= 0.3 is 12.3 Å². The summed E-state index contributed by atoms with van der Waals surface area (Å²) in [5.74, 6) is -2.84. The second-order valence-electron chi connectivity index (χ2n) is 3.94. The van der Waals surface area contributed by atoms with E-state index in [0.29, 0.717) is 0 Å². The Hall–Kier alpha value is -2.64. The molecule has 0 spiro atoms. The van der Waals surface area contributed by atoms with Crippen LogP contribution in [-0.2, 0) is 0 Å². The minimum Gasteiger partial charge on any atom is -0.478 e. The van der Waals surface area contributed by atoms with E-state index in [-0.39, 0.29) is 16.8 Å². The molecule has 110 valence electrons. The van der Waals surface area contributed by atoms with Crippen molar-refractivity contribution in [2.24, 2.45) is 0 Å². The van der Waals surface area contributed by atoms with Crippen LogP contribution in [0.15, 0.2) is 36.5 Å². The van der Waals surface area contributed by atoms with Crippen LogP contribution >= 0.6 is 0 Å². The molecule has 1 aromatic heterocycles. The van der Waals surface area contributed by atoms with Gasteiger partial charge in [-0.2, -0.15) is 0 Å². The Kier molecular flexibility index (Phi) is 3.79. The molecule has 0 unspecified atom stereocenters. The Balaban J connectivity index is 2.38. The van der Waals surface area contributed by atoms with E-state index in [0.717, 1.165) is 24.4 Å². The van der Waals surface area contributed by atoms with E-state index >= 15 is 0 Å². The molecule has 0 atom stereocenters. The van der Waals surface area contributed by atoms with Crippen LogP contribution < -0.4 is 4.74 Å². The molecule has 8 heteroatoms. The number of nitrogens with zero attached hydrogens (tertiary/aromatic N) is 1. The Morgan fingerprint density at radius 2 is 1.95 bits per heavy atom. The number of carboxylic acid groups (broad SMARTS) is 1. The van der Waals surface area contributed by atoms with Crippen LogP contribution in [-0.4, -0.2) is 22.4 Å². The minimum absolute atomic E-state index is 0.0335. The van der Waals surface area contributed by atoms with Crippen LogP contribution in [0.3, 0.4) is 0 Å². The first-order chi connectivity index (χ1) is 9.76. The van der Waals surface area contributed by atoms with Crippen molar-refractivity contribution < 1.29 is 32.2 Å². The predicted molar refractivity (Wildman–Crippen MR) is 63.3 cm³/mol. The van der Waals surface area contributed by atoms with Crippen molar-refractivity contribution in [3.05, 3.63) is 47.9 Å². The van der Waals surface area contributed by atoms with Crippen LogP contribution in [0.1, 0.15) is 10.4 Å². The second-order valence-corrected chi connectivity index (χ2v) is 3.94. The molecule has 0 aliphatic heterocycles. The minimum atomic E-state index is -4.86. The molecule has 0 bridgehead atoms. The van der Waals surface area contributed by atoms with Crippen molar-refractivity contribution >= 4 is 5.97 Å². The molecule has 1 N–H and O–H groups in total. The van der Waals surface area contributed by atoms with Crippen molar-refractivity contribution in [2.45, 2.75) is 6.36 Å². The SMILES string of the molecule is O=C(O)c1cnc(-c2cccc(OC(F)(F)F)c2)c(F)c1. The third-order valence-corrected chi connectivity index (χ3v) is 2.43. The molecule has 0 amide bonds. The normalized spacial score (nSPS) is 11.2. The fourth-order valence-electron chi connectivity index (χ4n) is 1.61. The van der Waals surface area contributed by atoms with Crippen LogP contribution in [0.5, 0.6) is 5.75 Å². The first-order valence-electron chi connectivity index (χ1n) is 5.51. The molecule has 1 aromatic carbocycles. The molecule has 0 saturated heterocycles. The number of aromatic carboxylic acids is 1. The third-order valence-electron chi connectivity index (χ3n) is 2.43. The number of pyridine rings is 1.